The van der Waals surface area contributed by atoms with Gasteiger partial charge in [-0.1, -0.05) is 211 Å². The van der Waals surface area contributed by atoms with Crippen LogP contribution in [0.25, 0.3) is 56.4 Å². The lowest BCUT2D eigenvalue weighted by molar-refractivity contribution is 0.590. The first-order valence-electron chi connectivity index (χ1n) is 24.7. The first-order valence-corrected chi connectivity index (χ1v) is 24.7. The van der Waals surface area contributed by atoms with Crippen molar-refractivity contribution in [3.63, 3.8) is 0 Å². The zero-order valence-corrected chi connectivity index (χ0v) is 41.1. The molecule has 0 saturated heterocycles. The molecule has 0 radical (unpaired) electrons. The maximum Gasteiger partial charge on any atom is 0.252 e. The van der Waals surface area contributed by atoms with Crippen molar-refractivity contribution in [3.8, 4) is 56.4 Å². The average molecular weight is 916 g/mol. The van der Waals surface area contributed by atoms with Gasteiger partial charge in [0, 0.05) is 50.8 Å². The van der Waals surface area contributed by atoms with E-state index < -0.39 is 0 Å². The summed E-state index contributed by atoms with van der Waals surface area (Å²) in [6.45, 7) is 13.6. The van der Waals surface area contributed by atoms with Gasteiger partial charge in [-0.3, -0.25) is 0 Å². The number of fused-ring (bicyclic) bond motifs is 4. The van der Waals surface area contributed by atoms with E-state index in [2.05, 4.69) is 233 Å². The van der Waals surface area contributed by atoms with E-state index in [0.717, 1.165) is 61.9 Å². The summed E-state index contributed by atoms with van der Waals surface area (Å²) in [5.74, 6) is 1.85. The molecule has 10 aromatic rings. The Kier molecular flexibility index (Phi) is 10.7. The molecule has 71 heavy (non-hydrogen) atoms. The first-order chi connectivity index (χ1) is 34.5. The van der Waals surface area contributed by atoms with Crippen LogP contribution in [-0.4, -0.2) is 21.7 Å². The SMILES string of the molecule is CC(C)(C)c1ccc(N2c3cc(-c4ccccc4)ccc3B3c4ccc(-c5ccccc5)cc4N(c4ccc(C(C)(C)C)cc4)c4cc(-c5nc(-c6ccccc6)nc(-c6ccccc6)n5)cc2c43)cc1. The molecule has 0 unspecified atom stereocenters. The summed E-state index contributed by atoms with van der Waals surface area (Å²) >= 11 is 0. The van der Waals surface area contributed by atoms with E-state index in [-0.39, 0.29) is 17.5 Å². The molecule has 6 heteroatoms. The summed E-state index contributed by atoms with van der Waals surface area (Å²) in [6, 6.07) is 79.2. The second kappa shape index (κ2) is 17.3. The van der Waals surface area contributed by atoms with Gasteiger partial charge in [-0.25, -0.2) is 15.0 Å². The van der Waals surface area contributed by atoms with Crippen molar-refractivity contribution in [1.29, 1.82) is 0 Å². The van der Waals surface area contributed by atoms with Gasteiger partial charge in [-0.15, -0.1) is 0 Å². The zero-order valence-electron chi connectivity index (χ0n) is 41.1. The van der Waals surface area contributed by atoms with E-state index in [1.807, 2.05) is 36.4 Å². The Balaban J connectivity index is 1.19. The summed E-state index contributed by atoms with van der Waals surface area (Å²) in [6.07, 6.45) is 0. The molecule has 0 fully saturated rings. The molecule has 0 saturated carbocycles. The molecule has 3 heterocycles. The highest BCUT2D eigenvalue weighted by Gasteiger charge is 2.44. The molecule has 0 N–H and O–H groups in total. The molecular weight excluding hydrogens is 862 g/mol. The van der Waals surface area contributed by atoms with Crippen molar-refractivity contribution in [3.05, 3.63) is 230 Å². The van der Waals surface area contributed by atoms with Crippen LogP contribution in [0.2, 0.25) is 0 Å². The monoisotopic (exact) mass is 915 g/mol. The Morgan fingerprint density at radius 3 is 0.986 bits per heavy atom. The number of hydrogen-bond acceptors (Lipinski definition) is 5. The molecule has 12 rings (SSSR count). The van der Waals surface area contributed by atoms with Gasteiger partial charge in [-0.2, -0.15) is 0 Å². The maximum absolute atomic E-state index is 5.37. The zero-order chi connectivity index (χ0) is 48.4. The van der Waals surface area contributed by atoms with Crippen LogP contribution in [0.1, 0.15) is 52.7 Å². The summed E-state index contributed by atoms with van der Waals surface area (Å²) in [4.78, 5) is 20.9. The summed E-state index contributed by atoms with van der Waals surface area (Å²) < 4.78 is 0. The van der Waals surface area contributed by atoms with Crippen molar-refractivity contribution >= 4 is 57.2 Å². The quantitative estimate of drug-likeness (QED) is 0.149. The number of anilines is 6. The first kappa shape index (κ1) is 43.9. The van der Waals surface area contributed by atoms with E-state index in [4.69, 9.17) is 15.0 Å². The number of rotatable bonds is 7. The van der Waals surface area contributed by atoms with Gasteiger partial charge in [0.15, 0.2) is 17.5 Å². The van der Waals surface area contributed by atoms with E-state index in [9.17, 15) is 0 Å². The number of nitrogens with zero attached hydrogens (tertiary/aromatic N) is 5. The second-order valence-corrected chi connectivity index (χ2v) is 20.9. The molecule has 0 atom stereocenters. The van der Waals surface area contributed by atoms with Crippen LogP contribution in [0.3, 0.4) is 0 Å². The van der Waals surface area contributed by atoms with E-state index in [0.29, 0.717) is 17.5 Å². The van der Waals surface area contributed by atoms with Gasteiger partial charge in [-0.05, 0) is 109 Å². The molecule has 0 amide bonds. The number of benzene rings is 9. The maximum atomic E-state index is 5.37. The van der Waals surface area contributed by atoms with Crippen LogP contribution in [0.15, 0.2) is 218 Å². The van der Waals surface area contributed by atoms with Gasteiger partial charge in [0.05, 0.1) is 0 Å². The third-order valence-electron chi connectivity index (χ3n) is 14.2. The summed E-state index contributed by atoms with van der Waals surface area (Å²) in [5, 5.41) is 0. The number of aromatic nitrogens is 3. The fourth-order valence-corrected chi connectivity index (χ4v) is 10.5. The molecule has 2 aliphatic heterocycles. The third-order valence-corrected chi connectivity index (χ3v) is 14.2. The topological polar surface area (TPSA) is 45.2 Å². The molecule has 1 aromatic heterocycles. The van der Waals surface area contributed by atoms with Gasteiger partial charge in [0.2, 0.25) is 0 Å². The average Bonchev–Trinajstić information content (AvgIpc) is 3.41. The van der Waals surface area contributed by atoms with Crippen molar-refractivity contribution in [1.82, 2.24) is 15.0 Å². The third kappa shape index (κ3) is 8.00. The lowest BCUT2D eigenvalue weighted by atomic mass is 9.33. The molecule has 5 nitrogen and oxygen atoms in total. The highest BCUT2D eigenvalue weighted by atomic mass is 15.2. The van der Waals surface area contributed by atoms with Crippen LogP contribution in [0.5, 0.6) is 0 Å². The largest absolute Gasteiger partial charge is 0.311 e. The Hall–Kier alpha value is -8.35. The van der Waals surface area contributed by atoms with Crippen LogP contribution in [-0.2, 0) is 10.8 Å². The van der Waals surface area contributed by atoms with Crippen molar-refractivity contribution in [2.45, 2.75) is 52.4 Å². The van der Waals surface area contributed by atoms with E-state index in [1.54, 1.807) is 0 Å². The second-order valence-electron chi connectivity index (χ2n) is 20.9. The minimum absolute atomic E-state index is 0.0139. The van der Waals surface area contributed by atoms with Crippen LogP contribution in [0.4, 0.5) is 34.1 Å². The minimum Gasteiger partial charge on any atom is -0.311 e. The normalized spacial score (nSPS) is 12.8. The fourth-order valence-electron chi connectivity index (χ4n) is 10.5. The molecule has 0 bridgehead atoms. The van der Waals surface area contributed by atoms with Crippen LogP contribution >= 0.6 is 0 Å². The molecule has 9 aromatic carbocycles. The summed E-state index contributed by atoms with van der Waals surface area (Å²) in [7, 11) is 0. The lowest BCUT2D eigenvalue weighted by Crippen LogP contribution is -2.61. The highest BCUT2D eigenvalue weighted by molar-refractivity contribution is 7.00. The van der Waals surface area contributed by atoms with Crippen LogP contribution < -0.4 is 26.2 Å². The van der Waals surface area contributed by atoms with Crippen molar-refractivity contribution < 1.29 is 0 Å². The van der Waals surface area contributed by atoms with Gasteiger partial charge < -0.3 is 9.80 Å². The molecule has 2 aliphatic rings. The minimum atomic E-state index is -0.0954. The Bertz CT molecular complexity index is 3350. The predicted octanol–water partition coefficient (Wildman–Crippen LogP) is 14.9. The van der Waals surface area contributed by atoms with E-state index >= 15 is 0 Å². The van der Waals surface area contributed by atoms with Crippen LogP contribution in [0, 0.1) is 0 Å². The van der Waals surface area contributed by atoms with Crippen molar-refractivity contribution in [2.24, 2.45) is 0 Å². The predicted molar refractivity (Wildman–Crippen MR) is 298 cm³/mol. The molecular formula is C65H54BN5. The smallest absolute Gasteiger partial charge is 0.252 e. The highest BCUT2D eigenvalue weighted by Crippen LogP contribution is 2.48. The Labute approximate surface area is 418 Å². The summed E-state index contributed by atoms with van der Waals surface area (Å²) in [5.41, 5.74) is 20.3. The fraction of sp³-hybridized carbons (Fsp3) is 0.123. The standard InChI is InChI=1S/C65H54BN5/c1-64(2,3)50-29-33-52(34-30-50)70-56-39-47(43-19-11-7-12-20-43)27-37-54(56)66-55-38-28-48(44-21-13-8-14-22-44)40-57(55)71(53-35-31-51(32-36-53)65(4,5)6)59-42-49(41-58(70)60(59)66)63-68-61(45-23-15-9-16-24-45)67-62(69-63)46-25-17-10-18-26-46/h7-42H,1-6H3. The molecule has 0 aliphatic carbocycles. The molecule has 342 valence electrons. The Morgan fingerprint density at radius 2 is 0.634 bits per heavy atom. The van der Waals surface area contributed by atoms with E-state index in [1.165, 1.54) is 38.6 Å². The lowest BCUT2D eigenvalue weighted by Gasteiger charge is -2.44. The number of hydrogen-bond donors (Lipinski definition) is 0. The van der Waals surface area contributed by atoms with Crippen molar-refractivity contribution in [2.75, 3.05) is 9.80 Å². The Morgan fingerprint density at radius 1 is 0.310 bits per heavy atom. The van der Waals surface area contributed by atoms with Gasteiger partial charge in [0.25, 0.3) is 6.71 Å². The van der Waals surface area contributed by atoms with Gasteiger partial charge in [0.1, 0.15) is 0 Å². The molecule has 0 spiro atoms. The van der Waals surface area contributed by atoms with Gasteiger partial charge >= 0.3 is 0 Å².